The van der Waals surface area contributed by atoms with Crippen molar-refractivity contribution in [1.82, 2.24) is 0 Å². The Morgan fingerprint density at radius 3 is 2.44 bits per heavy atom. The molecule has 0 heterocycles. The minimum Gasteiger partial charge on any atom is -0.393 e. The van der Waals surface area contributed by atoms with Gasteiger partial charge in [0.1, 0.15) is 0 Å². The minimum absolute atomic E-state index is 0.370. The van der Waals surface area contributed by atoms with E-state index in [0.29, 0.717) is 17.7 Å². The second kappa shape index (κ2) is 4.55. The van der Waals surface area contributed by atoms with Crippen LogP contribution in [-0.4, -0.2) is 24.9 Å². The first-order chi connectivity index (χ1) is 7.60. The van der Waals surface area contributed by atoms with Crippen molar-refractivity contribution >= 4 is 9.84 Å². The number of hydrogen-bond acceptors (Lipinski definition) is 3. The average molecular weight is 240 g/mol. The fraction of sp³-hybridized carbons (Fsp3) is 0.500. The van der Waals surface area contributed by atoms with Crippen LogP contribution in [-0.2, 0) is 9.84 Å². The normalized spacial score (nSPS) is 26.6. The largest absolute Gasteiger partial charge is 0.393 e. The van der Waals surface area contributed by atoms with Gasteiger partial charge in [-0.05, 0) is 37.8 Å². The summed E-state index contributed by atoms with van der Waals surface area (Å²) in [6.45, 7) is 0. The van der Waals surface area contributed by atoms with Crippen LogP contribution >= 0.6 is 0 Å². The van der Waals surface area contributed by atoms with Crippen molar-refractivity contribution in [3.63, 3.8) is 0 Å². The topological polar surface area (TPSA) is 54.4 Å². The molecule has 1 aromatic rings. The fourth-order valence-corrected chi connectivity index (χ4v) is 4.08. The first-order valence-corrected chi connectivity index (χ1v) is 7.12. The second-order valence-electron chi connectivity index (χ2n) is 4.30. The van der Waals surface area contributed by atoms with E-state index in [0.717, 1.165) is 12.8 Å². The Morgan fingerprint density at radius 1 is 1.12 bits per heavy atom. The maximum atomic E-state index is 12.2. The molecule has 0 bridgehead atoms. The van der Waals surface area contributed by atoms with Gasteiger partial charge in [0.2, 0.25) is 0 Å². The predicted molar refractivity (Wildman–Crippen MR) is 61.9 cm³/mol. The number of rotatable bonds is 2. The summed E-state index contributed by atoms with van der Waals surface area (Å²) in [5.74, 6) is 0. The predicted octanol–water partition coefficient (Wildman–Crippen LogP) is 1.76. The first kappa shape index (κ1) is 11.6. The van der Waals surface area contributed by atoms with Crippen molar-refractivity contribution in [2.45, 2.75) is 41.9 Å². The quantitative estimate of drug-likeness (QED) is 0.857. The molecule has 0 saturated heterocycles. The Labute approximate surface area is 96.0 Å². The van der Waals surface area contributed by atoms with E-state index in [9.17, 15) is 13.5 Å². The van der Waals surface area contributed by atoms with E-state index >= 15 is 0 Å². The molecule has 3 nitrogen and oxygen atoms in total. The molecule has 0 spiro atoms. The lowest BCUT2D eigenvalue weighted by molar-refractivity contribution is 0.131. The standard InChI is InChI=1S/C12H16O3S/c13-10-5-4-8-12(9-10)16(14,15)11-6-2-1-3-7-11/h1-3,6-7,10,12-13H,4-5,8-9H2/t10-,12+/m0/s1. The highest BCUT2D eigenvalue weighted by Crippen LogP contribution is 2.28. The SMILES string of the molecule is O=S(=O)(c1ccccc1)[C@@H]1CCC[C@H](O)C1. The fourth-order valence-electron chi connectivity index (χ4n) is 2.20. The smallest absolute Gasteiger partial charge is 0.181 e. The lowest BCUT2D eigenvalue weighted by atomic mass is 9.97. The number of benzene rings is 1. The summed E-state index contributed by atoms with van der Waals surface area (Å²) in [5.41, 5.74) is 0. The van der Waals surface area contributed by atoms with Gasteiger partial charge in [-0.15, -0.1) is 0 Å². The van der Waals surface area contributed by atoms with Gasteiger partial charge in [0.05, 0.1) is 16.2 Å². The van der Waals surface area contributed by atoms with Crippen molar-refractivity contribution < 1.29 is 13.5 Å². The van der Waals surface area contributed by atoms with E-state index in [-0.39, 0.29) is 0 Å². The van der Waals surface area contributed by atoms with Gasteiger partial charge in [-0.2, -0.15) is 0 Å². The lowest BCUT2D eigenvalue weighted by Gasteiger charge is -2.25. The molecule has 1 aromatic carbocycles. The molecule has 1 aliphatic carbocycles. The number of hydrogen-bond donors (Lipinski definition) is 1. The average Bonchev–Trinajstić information content (AvgIpc) is 2.30. The molecule has 88 valence electrons. The molecule has 0 radical (unpaired) electrons. The zero-order chi connectivity index (χ0) is 11.6. The zero-order valence-electron chi connectivity index (χ0n) is 9.04. The maximum Gasteiger partial charge on any atom is 0.181 e. The van der Waals surface area contributed by atoms with Gasteiger partial charge in [-0.25, -0.2) is 8.42 Å². The monoisotopic (exact) mass is 240 g/mol. The van der Waals surface area contributed by atoms with Gasteiger partial charge in [0.25, 0.3) is 0 Å². The van der Waals surface area contributed by atoms with Crippen LogP contribution in [0.25, 0.3) is 0 Å². The van der Waals surface area contributed by atoms with Gasteiger partial charge in [-0.1, -0.05) is 18.2 Å². The van der Waals surface area contributed by atoms with Crippen molar-refractivity contribution in [3.05, 3.63) is 30.3 Å². The Balaban J connectivity index is 2.26. The Morgan fingerprint density at radius 2 is 1.81 bits per heavy atom. The van der Waals surface area contributed by atoms with Gasteiger partial charge in [-0.3, -0.25) is 0 Å². The highest BCUT2D eigenvalue weighted by molar-refractivity contribution is 7.92. The summed E-state index contributed by atoms with van der Waals surface area (Å²) < 4.78 is 24.4. The van der Waals surface area contributed by atoms with Crippen molar-refractivity contribution in [3.8, 4) is 0 Å². The van der Waals surface area contributed by atoms with Crippen LogP contribution in [0.4, 0.5) is 0 Å². The van der Waals surface area contributed by atoms with Crippen LogP contribution in [0.3, 0.4) is 0 Å². The second-order valence-corrected chi connectivity index (χ2v) is 6.53. The molecule has 0 aromatic heterocycles. The third-order valence-corrected chi connectivity index (χ3v) is 5.34. The molecule has 0 amide bonds. The number of aliphatic hydroxyl groups is 1. The number of sulfone groups is 1. The first-order valence-electron chi connectivity index (χ1n) is 5.58. The molecule has 2 rings (SSSR count). The van der Waals surface area contributed by atoms with E-state index in [1.165, 1.54) is 0 Å². The Hall–Kier alpha value is -0.870. The third-order valence-electron chi connectivity index (χ3n) is 3.11. The van der Waals surface area contributed by atoms with Crippen LogP contribution in [0.5, 0.6) is 0 Å². The van der Waals surface area contributed by atoms with Crippen LogP contribution in [0.1, 0.15) is 25.7 Å². The molecule has 16 heavy (non-hydrogen) atoms. The molecular formula is C12H16O3S. The van der Waals surface area contributed by atoms with E-state index < -0.39 is 21.2 Å². The van der Waals surface area contributed by atoms with E-state index in [1.807, 2.05) is 0 Å². The molecular weight excluding hydrogens is 224 g/mol. The minimum atomic E-state index is -3.25. The summed E-state index contributed by atoms with van der Waals surface area (Å²) in [4.78, 5) is 0.370. The summed E-state index contributed by atoms with van der Waals surface area (Å²) in [6, 6.07) is 8.50. The zero-order valence-corrected chi connectivity index (χ0v) is 9.86. The molecule has 0 unspecified atom stereocenters. The van der Waals surface area contributed by atoms with Crippen molar-refractivity contribution in [2.24, 2.45) is 0 Å². The molecule has 1 aliphatic rings. The van der Waals surface area contributed by atoms with E-state index in [4.69, 9.17) is 0 Å². The summed E-state index contributed by atoms with van der Waals surface area (Å²) in [5, 5.41) is 9.11. The summed E-state index contributed by atoms with van der Waals surface area (Å²) in [6.07, 6.45) is 2.08. The molecule has 1 fully saturated rings. The lowest BCUT2D eigenvalue weighted by Crippen LogP contribution is -2.30. The van der Waals surface area contributed by atoms with Crippen LogP contribution in [0.2, 0.25) is 0 Å². The van der Waals surface area contributed by atoms with Gasteiger partial charge in [0, 0.05) is 0 Å². The van der Waals surface area contributed by atoms with Crippen LogP contribution in [0, 0.1) is 0 Å². The van der Waals surface area contributed by atoms with E-state index in [2.05, 4.69) is 0 Å². The van der Waals surface area contributed by atoms with Gasteiger partial charge >= 0.3 is 0 Å². The highest BCUT2D eigenvalue weighted by atomic mass is 32.2. The third kappa shape index (κ3) is 2.28. The molecule has 2 atom stereocenters. The summed E-state index contributed by atoms with van der Waals surface area (Å²) >= 11 is 0. The van der Waals surface area contributed by atoms with E-state index in [1.54, 1.807) is 30.3 Å². The molecule has 1 N–H and O–H groups in total. The Bertz CT molecular complexity index is 439. The van der Waals surface area contributed by atoms with Crippen molar-refractivity contribution in [1.29, 1.82) is 0 Å². The number of aliphatic hydroxyl groups excluding tert-OH is 1. The summed E-state index contributed by atoms with van der Waals surface area (Å²) in [7, 11) is -3.25. The van der Waals surface area contributed by atoms with Gasteiger partial charge < -0.3 is 5.11 Å². The molecule has 1 saturated carbocycles. The maximum absolute atomic E-state index is 12.2. The van der Waals surface area contributed by atoms with Crippen LogP contribution in [0.15, 0.2) is 35.2 Å². The van der Waals surface area contributed by atoms with Gasteiger partial charge in [0.15, 0.2) is 9.84 Å². The van der Waals surface area contributed by atoms with Crippen LogP contribution < -0.4 is 0 Å². The highest BCUT2D eigenvalue weighted by Gasteiger charge is 2.31. The van der Waals surface area contributed by atoms with Crippen molar-refractivity contribution in [2.75, 3.05) is 0 Å². The molecule has 4 heteroatoms. The Kier molecular flexibility index (Phi) is 3.30. The molecule has 0 aliphatic heterocycles.